The van der Waals surface area contributed by atoms with E-state index >= 15 is 0 Å². The average molecular weight is 294 g/mol. The number of nitrogens with one attached hydrogen (secondary N) is 2. The highest BCUT2D eigenvalue weighted by molar-refractivity contribution is 6.01. The predicted octanol–water partition coefficient (Wildman–Crippen LogP) is 3.41. The lowest BCUT2D eigenvalue weighted by atomic mass is 10.1. The SMILES string of the molecule is COc1ccc2c(C)c(C(=O)NCc3ccccc3)[nH]c2c1. The summed E-state index contributed by atoms with van der Waals surface area (Å²) in [7, 11) is 1.63. The molecule has 22 heavy (non-hydrogen) atoms. The van der Waals surface area contributed by atoms with Crippen LogP contribution in [0.3, 0.4) is 0 Å². The van der Waals surface area contributed by atoms with Crippen LogP contribution in [0.15, 0.2) is 48.5 Å². The minimum Gasteiger partial charge on any atom is -0.497 e. The van der Waals surface area contributed by atoms with Crippen LogP contribution < -0.4 is 10.1 Å². The van der Waals surface area contributed by atoms with E-state index in [1.807, 2.05) is 55.5 Å². The molecule has 0 radical (unpaired) electrons. The van der Waals surface area contributed by atoms with Gasteiger partial charge in [-0.3, -0.25) is 4.79 Å². The van der Waals surface area contributed by atoms with Crippen LogP contribution >= 0.6 is 0 Å². The van der Waals surface area contributed by atoms with Crippen molar-refractivity contribution in [1.29, 1.82) is 0 Å². The molecule has 2 N–H and O–H groups in total. The molecule has 0 bridgehead atoms. The number of H-pyrrole nitrogens is 1. The fourth-order valence-corrected chi connectivity index (χ4v) is 2.54. The molecule has 3 rings (SSSR count). The summed E-state index contributed by atoms with van der Waals surface area (Å²) in [5.41, 5.74) is 3.52. The first-order valence-corrected chi connectivity index (χ1v) is 7.17. The van der Waals surface area contributed by atoms with Crippen LogP contribution in [0.2, 0.25) is 0 Å². The highest BCUT2D eigenvalue weighted by Gasteiger charge is 2.14. The number of rotatable bonds is 4. The van der Waals surface area contributed by atoms with Gasteiger partial charge in [-0.25, -0.2) is 0 Å². The summed E-state index contributed by atoms with van der Waals surface area (Å²) in [6.45, 7) is 2.46. The Hall–Kier alpha value is -2.75. The van der Waals surface area contributed by atoms with Gasteiger partial charge in [-0.1, -0.05) is 30.3 Å². The standard InChI is InChI=1S/C18H18N2O2/c1-12-15-9-8-14(22-2)10-16(15)20-17(12)18(21)19-11-13-6-4-3-5-7-13/h3-10,20H,11H2,1-2H3,(H,19,21). The molecular formula is C18H18N2O2. The first kappa shape index (κ1) is 14.2. The lowest BCUT2D eigenvalue weighted by molar-refractivity contribution is 0.0946. The molecule has 112 valence electrons. The van der Waals surface area contributed by atoms with Gasteiger partial charge in [-0.15, -0.1) is 0 Å². The van der Waals surface area contributed by atoms with E-state index in [0.717, 1.165) is 27.8 Å². The molecule has 0 unspecified atom stereocenters. The Morgan fingerprint density at radius 3 is 2.68 bits per heavy atom. The van der Waals surface area contributed by atoms with Crippen LogP contribution in [0.1, 0.15) is 21.6 Å². The van der Waals surface area contributed by atoms with E-state index in [0.29, 0.717) is 12.2 Å². The fraction of sp³-hybridized carbons (Fsp3) is 0.167. The smallest absolute Gasteiger partial charge is 0.268 e. The van der Waals surface area contributed by atoms with Gasteiger partial charge < -0.3 is 15.0 Å². The zero-order chi connectivity index (χ0) is 15.5. The Bertz CT molecular complexity index is 807. The van der Waals surface area contributed by atoms with E-state index in [1.54, 1.807) is 7.11 Å². The van der Waals surface area contributed by atoms with E-state index in [2.05, 4.69) is 10.3 Å². The van der Waals surface area contributed by atoms with E-state index < -0.39 is 0 Å². The fourth-order valence-electron chi connectivity index (χ4n) is 2.54. The van der Waals surface area contributed by atoms with Gasteiger partial charge >= 0.3 is 0 Å². The van der Waals surface area contributed by atoms with Gasteiger partial charge in [0.2, 0.25) is 0 Å². The number of amides is 1. The summed E-state index contributed by atoms with van der Waals surface area (Å²) in [6.07, 6.45) is 0. The molecule has 0 aliphatic rings. The van der Waals surface area contributed by atoms with Gasteiger partial charge in [0.05, 0.1) is 7.11 Å². The monoisotopic (exact) mass is 294 g/mol. The molecule has 4 nitrogen and oxygen atoms in total. The molecule has 0 aliphatic carbocycles. The number of carbonyl (C=O) groups is 1. The average Bonchev–Trinajstić information content (AvgIpc) is 2.90. The quantitative estimate of drug-likeness (QED) is 0.774. The molecule has 0 saturated heterocycles. The molecule has 0 spiro atoms. The van der Waals surface area contributed by atoms with Crippen molar-refractivity contribution in [2.75, 3.05) is 7.11 Å². The predicted molar refractivity (Wildman–Crippen MR) is 87.2 cm³/mol. The number of methoxy groups -OCH3 is 1. The number of hydrogen-bond donors (Lipinski definition) is 2. The molecule has 4 heteroatoms. The lowest BCUT2D eigenvalue weighted by Gasteiger charge is -2.04. The molecule has 1 aromatic heterocycles. The third-order valence-corrected chi connectivity index (χ3v) is 3.79. The van der Waals surface area contributed by atoms with Crippen molar-refractivity contribution >= 4 is 16.8 Å². The second kappa shape index (κ2) is 5.93. The van der Waals surface area contributed by atoms with Crippen molar-refractivity contribution in [3.63, 3.8) is 0 Å². The number of hydrogen-bond acceptors (Lipinski definition) is 2. The van der Waals surface area contributed by atoms with E-state index in [-0.39, 0.29) is 5.91 Å². The first-order chi connectivity index (χ1) is 10.7. The van der Waals surface area contributed by atoms with Crippen LogP contribution in [0.25, 0.3) is 10.9 Å². The van der Waals surface area contributed by atoms with Crippen molar-refractivity contribution in [2.24, 2.45) is 0 Å². The Morgan fingerprint density at radius 1 is 1.18 bits per heavy atom. The van der Waals surface area contributed by atoms with Gasteiger partial charge in [0, 0.05) is 23.5 Å². The van der Waals surface area contributed by atoms with E-state index in [4.69, 9.17) is 4.74 Å². The number of fused-ring (bicyclic) bond motifs is 1. The van der Waals surface area contributed by atoms with Crippen LogP contribution in [0.5, 0.6) is 5.75 Å². The number of aromatic amines is 1. The summed E-state index contributed by atoms with van der Waals surface area (Å²) in [4.78, 5) is 15.6. The molecule has 3 aromatic rings. The second-order valence-corrected chi connectivity index (χ2v) is 5.20. The number of aryl methyl sites for hydroxylation is 1. The molecule has 0 aliphatic heterocycles. The summed E-state index contributed by atoms with van der Waals surface area (Å²) in [6, 6.07) is 15.6. The third-order valence-electron chi connectivity index (χ3n) is 3.79. The zero-order valence-electron chi connectivity index (χ0n) is 12.6. The first-order valence-electron chi connectivity index (χ1n) is 7.17. The van der Waals surface area contributed by atoms with Crippen molar-refractivity contribution in [2.45, 2.75) is 13.5 Å². The number of carbonyl (C=O) groups excluding carboxylic acids is 1. The highest BCUT2D eigenvalue weighted by atomic mass is 16.5. The number of benzene rings is 2. The van der Waals surface area contributed by atoms with Gasteiger partial charge in [0.1, 0.15) is 11.4 Å². The highest BCUT2D eigenvalue weighted by Crippen LogP contribution is 2.25. The maximum Gasteiger partial charge on any atom is 0.268 e. The van der Waals surface area contributed by atoms with Crippen molar-refractivity contribution < 1.29 is 9.53 Å². The van der Waals surface area contributed by atoms with Crippen molar-refractivity contribution in [3.05, 3.63) is 65.4 Å². The largest absolute Gasteiger partial charge is 0.497 e. The molecular weight excluding hydrogens is 276 g/mol. The molecule has 1 heterocycles. The Kier molecular flexibility index (Phi) is 3.83. The number of ether oxygens (including phenoxy) is 1. The minimum absolute atomic E-state index is 0.100. The normalized spacial score (nSPS) is 10.6. The van der Waals surface area contributed by atoms with E-state index in [9.17, 15) is 4.79 Å². The second-order valence-electron chi connectivity index (χ2n) is 5.20. The van der Waals surface area contributed by atoms with Crippen LogP contribution in [0, 0.1) is 6.92 Å². The summed E-state index contributed by atoms with van der Waals surface area (Å²) < 4.78 is 5.22. The topological polar surface area (TPSA) is 54.1 Å². The van der Waals surface area contributed by atoms with Gasteiger partial charge in [0.25, 0.3) is 5.91 Å². The van der Waals surface area contributed by atoms with Gasteiger partial charge in [-0.05, 0) is 30.2 Å². The molecule has 0 saturated carbocycles. The minimum atomic E-state index is -0.100. The van der Waals surface area contributed by atoms with Crippen molar-refractivity contribution in [3.8, 4) is 5.75 Å². The Balaban J connectivity index is 1.83. The molecule has 1 amide bonds. The van der Waals surface area contributed by atoms with Crippen LogP contribution in [-0.2, 0) is 6.54 Å². The number of aromatic nitrogens is 1. The zero-order valence-corrected chi connectivity index (χ0v) is 12.6. The molecule has 0 fully saturated rings. The summed E-state index contributed by atoms with van der Waals surface area (Å²) in [5.74, 6) is 0.668. The molecule has 0 atom stereocenters. The Morgan fingerprint density at radius 2 is 1.95 bits per heavy atom. The summed E-state index contributed by atoms with van der Waals surface area (Å²) >= 11 is 0. The van der Waals surface area contributed by atoms with Crippen LogP contribution in [-0.4, -0.2) is 18.0 Å². The maximum absolute atomic E-state index is 12.4. The van der Waals surface area contributed by atoms with Gasteiger partial charge in [-0.2, -0.15) is 0 Å². The van der Waals surface area contributed by atoms with Crippen molar-refractivity contribution in [1.82, 2.24) is 10.3 Å². The summed E-state index contributed by atoms with van der Waals surface area (Å²) in [5, 5.41) is 3.98. The molecule has 2 aromatic carbocycles. The Labute approximate surface area is 129 Å². The lowest BCUT2D eigenvalue weighted by Crippen LogP contribution is -2.23. The third kappa shape index (κ3) is 2.68. The van der Waals surface area contributed by atoms with Crippen LogP contribution in [0.4, 0.5) is 0 Å². The maximum atomic E-state index is 12.4. The van der Waals surface area contributed by atoms with Gasteiger partial charge in [0.15, 0.2) is 0 Å². The van der Waals surface area contributed by atoms with E-state index in [1.165, 1.54) is 0 Å².